The number of ether oxygens (including phenoxy) is 2. The summed E-state index contributed by atoms with van der Waals surface area (Å²) in [6.07, 6.45) is -1.22. The molecule has 3 aromatic rings. The summed E-state index contributed by atoms with van der Waals surface area (Å²) in [4.78, 5) is 44.8. The molecular weight excluding hydrogens is 536 g/mol. The number of benzene rings is 3. The Morgan fingerprint density at radius 2 is 1.10 bits per heavy atom. The van der Waals surface area contributed by atoms with Gasteiger partial charge >= 0.3 is 12.2 Å². The second kappa shape index (κ2) is 14.2. The van der Waals surface area contributed by atoms with Gasteiger partial charge in [-0.15, -0.1) is 0 Å². The molecule has 0 saturated carbocycles. The van der Waals surface area contributed by atoms with Crippen LogP contribution in [-0.4, -0.2) is 50.9 Å². The quantitative estimate of drug-likeness (QED) is 0.183. The number of carbonyl (C=O) groups excluding carboxylic acids is 3. The Labute approximate surface area is 247 Å². The van der Waals surface area contributed by atoms with E-state index in [1.807, 2.05) is 91.0 Å². The van der Waals surface area contributed by atoms with Crippen molar-refractivity contribution in [2.24, 2.45) is 0 Å². The average Bonchev–Trinajstić information content (AvgIpc) is 2.90. The SMILES string of the molecule is CC(C)(C)OC(=O)N(CC(=O)C(Sc1ccccc1)N(Cc1ccccc1)C(=O)OC(C)(C)C)Cc1ccccc1. The Bertz CT molecular complexity index is 1270. The maximum absolute atomic E-state index is 14.2. The van der Waals surface area contributed by atoms with Gasteiger partial charge in [0, 0.05) is 11.4 Å². The van der Waals surface area contributed by atoms with E-state index in [0.29, 0.717) is 0 Å². The summed E-state index contributed by atoms with van der Waals surface area (Å²) >= 11 is 1.25. The zero-order valence-electron chi connectivity index (χ0n) is 24.7. The summed E-state index contributed by atoms with van der Waals surface area (Å²) in [5, 5.41) is -0.979. The molecule has 2 amide bonds. The van der Waals surface area contributed by atoms with Gasteiger partial charge in [-0.2, -0.15) is 0 Å². The molecule has 8 heteroatoms. The van der Waals surface area contributed by atoms with E-state index < -0.39 is 28.8 Å². The fourth-order valence-corrected chi connectivity index (χ4v) is 4.92. The van der Waals surface area contributed by atoms with Crippen LogP contribution in [0.25, 0.3) is 0 Å². The normalized spacial score (nSPS) is 12.2. The highest BCUT2D eigenvalue weighted by Crippen LogP contribution is 2.30. The third kappa shape index (κ3) is 11.0. The van der Waals surface area contributed by atoms with Crippen LogP contribution in [0.1, 0.15) is 52.7 Å². The van der Waals surface area contributed by atoms with Crippen molar-refractivity contribution in [2.45, 2.75) is 76.1 Å². The molecule has 0 saturated heterocycles. The van der Waals surface area contributed by atoms with Crippen LogP contribution in [0, 0.1) is 0 Å². The molecule has 0 bridgehead atoms. The maximum Gasteiger partial charge on any atom is 0.411 e. The number of Topliss-reactive ketones (excluding diaryl/α,β-unsaturated/α-hetero) is 1. The maximum atomic E-state index is 14.2. The van der Waals surface area contributed by atoms with Gasteiger partial charge in [0.25, 0.3) is 0 Å². The van der Waals surface area contributed by atoms with Crippen LogP contribution >= 0.6 is 11.8 Å². The van der Waals surface area contributed by atoms with Crippen molar-refractivity contribution in [1.82, 2.24) is 9.80 Å². The molecule has 0 N–H and O–H groups in total. The van der Waals surface area contributed by atoms with Crippen molar-refractivity contribution in [2.75, 3.05) is 6.54 Å². The van der Waals surface area contributed by atoms with E-state index in [4.69, 9.17) is 9.47 Å². The lowest BCUT2D eigenvalue weighted by atomic mass is 10.2. The predicted octanol–water partition coefficient (Wildman–Crippen LogP) is 7.55. The van der Waals surface area contributed by atoms with Crippen molar-refractivity contribution in [3.05, 3.63) is 102 Å². The first-order chi connectivity index (χ1) is 19.3. The van der Waals surface area contributed by atoms with Crippen LogP contribution in [0.5, 0.6) is 0 Å². The number of carbonyl (C=O) groups is 3. The molecule has 3 rings (SSSR count). The number of amides is 2. The molecule has 0 heterocycles. The zero-order valence-corrected chi connectivity index (χ0v) is 25.5. The highest BCUT2D eigenvalue weighted by molar-refractivity contribution is 8.00. The molecule has 0 radical (unpaired) electrons. The highest BCUT2D eigenvalue weighted by atomic mass is 32.2. The molecule has 0 aliphatic carbocycles. The van der Waals surface area contributed by atoms with Crippen LogP contribution in [0.15, 0.2) is 95.9 Å². The summed E-state index contributed by atoms with van der Waals surface area (Å²) in [6.45, 7) is 10.8. The molecular formula is C33H40N2O5S. The number of hydrogen-bond acceptors (Lipinski definition) is 6. The summed E-state index contributed by atoms with van der Waals surface area (Å²) in [7, 11) is 0. The number of hydrogen-bond donors (Lipinski definition) is 0. The molecule has 0 aromatic heterocycles. The second-order valence-corrected chi connectivity index (χ2v) is 12.8. The van der Waals surface area contributed by atoms with E-state index in [0.717, 1.165) is 16.0 Å². The fourth-order valence-electron chi connectivity index (χ4n) is 3.86. The molecule has 0 spiro atoms. The van der Waals surface area contributed by atoms with E-state index in [9.17, 15) is 14.4 Å². The Hall–Kier alpha value is -3.78. The van der Waals surface area contributed by atoms with Crippen LogP contribution < -0.4 is 0 Å². The summed E-state index contributed by atoms with van der Waals surface area (Å²) in [5.41, 5.74) is 0.181. The van der Waals surface area contributed by atoms with E-state index in [2.05, 4.69) is 0 Å². The lowest BCUT2D eigenvalue weighted by molar-refractivity contribution is -0.122. The van der Waals surface area contributed by atoms with Crippen molar-refractivity contribution in [1.29, 1.82) is 0 Å². The second-order valence-electron chi connectivity index (χ2n) is 11.7. The summed E-state index contributed by atoms with van der Waals surface area (Å²) < 4.78 is 11.4. The third-order valence-electron chi connectivity index (χ3n) is 5.59. The lowest BCUT2D eigenvalue weighted by Crippen LogP contribution is -2.49. The zero-order chi connectivity index (χ0) is 30.0. The van der Waals surface area contributed by atoms with Gasteiger partial charge in [-0.1, -0.05) is 90.6 Å². The number of nitrogens with zero attached hydrogens (tertiary/aromatic N) is 2. The molecule has 7 nitrogen and oxygen atoms in total. The molecule has 1 unspecified atom stereocenters. The molecule has 0 fully saturated rings. The average molecular weight is 577 g/mol. The Morgan fingerprint density at radius 3 is 1.59 bits per heavy atom. The smallest absolute Gasteiger partial charge is 0.411 e. The van der Waals surface area contributed by atoms with Gasteiger partial charge in [-0.25, -0.2) is 9.59 Å². The number of ketones is 1. The Kier molecular flexibility index (Phi) is 11.0. The topological polar surface area (TPSA) is 76.2 Å². The molecule has 0 aliphatic heterocycles. The minimum absolute atomic E-state index is 0.150. The minimum Gasteiger partial charge on any atom is -0.444 e. The Morgan fingerprint density at radius 1 is 0.659 bits per heavy atom. The highest BCUT2D eigenvalue weighted by Gasteiger charge is 2.36. The van der Waals surface area contributed by atoms with Crippen LogP contribution in [0.2, 0.25) is 0 Å². The predicted molar refractivity (Wildman–Crippen MR) is 162 cm³/mol. The standard InChI is InChI=1S/C33H40N2O5S/c1-32(2,3)39-30(37)34(22-25-16-10-7-11-17-25)24-28(36)29(41-27-20-14-9-15-21-27)35(31(38)40-33(4,5)6)23-26-18-12-8-13-19-26/h7-21,29H,22-24H2,1-6H3. The molecule has 1 atom stereocenters. The van der Waals surface area contributed by atoms with Gasteiger partial charge in [-0.3, -0.25) is 14.6 Å². The first-order valence-electron chi connectivity index (χ1n) is 13.6. The van der Waals surface area contributed by atoms with Crippen molar-refractivity contribution in [3.63, 3.8) is 0 Å². The van der Waals surface area contributed by atoms with Crippen molar-refractivity contribution in [3.8, 4) is 0 Å². The van der Waals surface area contributed by atoms with Gasteiger partial charge in [0.2, 0.25) is 0 Å². The van der Waals surface area contributed by atoms with Crippen LogP contribution in [0.4, 0.5) is 9.59 Å². The first kappa shape index (κ1) is 31.7. The van der Waals surface area contributed by atoms with E-state index in [1.54, 1.807) is 41.5 Å². The summed E-state index contributed by atoms with van der Waals surface area (Å²) in [5.74, 6) is -0.331. The van der Waals surface area contributed by atoms with E-state index in [1.165, 1.54) is 21.6 Å². The molecule has 218 valence electrons. The largest absolute Gasteiger partial charge is 0.444 e. The van der Waals surface area contributed by atoms with Crippen molar-refractivity contribution < 1.29 is 23.9 Å². The van der Waals surface area contributed by atoms with Crippen LogP contribution in [-0.2, 0) is 27.4 Å². The van der Waals surface area contributed by atoms with Crippen molar-refractivity contribution >= 4 is 29.7 Å². The monoisotopic (exact) mass is 576 g/mol. The summed E-state index contributed by atoms with van der Waals surface area (Å²) in [6, 6.07) is 28.3. The van der Waals surface area contributed by atoms with Gasteiger partial charge in [0.05, 0.1) is 13.1 Å². The molecule has 0 aliphatic rings. The Balaban J connectivity index is 2.00. The van der Waals surface area contributed by atoms with Gasteiger partial charge < -0.3 is 9.47 Å². The van der Waals surface area contributed by atoms with E-state index >= 15 is 0 Å². The molecule has 3 aromatic carbocycles. The van der Waals surface area contributed by atoms with E-state index in [-0.39, 0.29) is 25.4 Å². The fraction of sp³-hybridized carbons (Fsp3) is 0.364. The minimum atomic E-state index is -0.979. The molecule has 41 heavy (non-hydrogen) atoms. The number of rotatable bonds is 10. The van der Waals surface area contributed by atoms with Gasteiger partial charge in [0.15, 0.2) is 5.78 Å². The van der Waals surface area contributed by atoms with Crippen LogP contribution in [0.3, 0.4) is 0 Å². The first-order valence-corrected chi connectivity index (χ1v) is 14.5. The van der Waals surface area contributed by atoms with Gasteiger partial charge in [0.1, 0.15) is 16.6 Å². The lowest BCUT2D eigenvalue weighted by Gasteiger charge is -2.34. The van der Waals surface area contributed by atoms with Gasteiger partial charge in [-0.05, 0) is 64.8 Å². The number of thioether (sulfide) groups is 1. The third-order valence-corrected chi connectivity index (χ3v) is 6.87.